The minimum Gasteiger partial charge on any atom is -0.488 e. The van der Waals surface area contributed by atoms with Gasteiger partial charge in [0.2, 0.25) is 0 Å². The highest BCUT2D eigenvalue weighted by atomic mass is 35.5. The number of hydrogen-bond acceptors (Lipinski definition) is 6. The molecule has 0 spiro atoms. The summed E-state index contributed by atoms with van der Waals surface area (Å²) < 4.78 is 67.7. The fourth-order valence-corrected chi connectivity index (χ4v) is 5.84. The number of hydrogen-bond donors (Lipinski definition) is 0. The molecule has 4 rings (SSSR count). The Bertz CT molecular complexity index is 1120. The normalized spacial score (nSPS) is 18.2. The van der Waals surface area contributed by atoms with Crippen LogP contribution in [0.5, 0.6) is 5.75 Å². The molecular weight excluding hydrogens is 475 g/mol. The molecule has 12 heteroatoms. The number of piperidine rings is 1. The zero-order chi connectivity index (χ0) is 22.4. The van der Waals surface area contributed by atoms with E-state index in [4.69, 9.17) is 16.3 Å². The van der Waals surface area contributed by atoms with E-state index in [9.17, 15) is 21.6 Å². The van der Waals surface area contributed by atoms with Crippen LogP contribution in [-0.2, 0) is 16.6 Å². The third-order valence-electron chi connectivity index (χ3n) is 5.28. The van der Waals surface area contributed by atoms with E-state index >= 15 is 0 Å². The van der Waals surface area contributed by atoms with Crippen molar-refractivity contribution < 1.29 is 26.3 Å². The molecule has 31 heavy (non-hydrogen) atoms. The maximum absolute atomic E-state index is 12.7. The molecule has 1 fully saturated rings. The Morgan fingerprint density at radius 3 is 2.55 bits per heavy atom. The van der Waals surface area contributed by atoms with E-state index in [0.717, 1.165) is 26.9 Å². The predicted octanol–water partition coefficient (Wildman–Crippen LogP) is 4.52. The van der Waals surface area contributed by atoms with Gasteiger partial charge in [0, 0.05) is 24.6 Å². The standard InChI is InChI=1S/C19H19ClF3N3O3S2/c1-11-17(10-29-13-2-3-14(15(20)8-13)16-9-24-16)30-18(25-11)12-4-6-26(7-5-12)31(27,28)19(21,22)23/h2-3,8,12H,4-7,9-10H2,1H3. The van der Waals surface area contributed by atoms with Gasteiger partial charge in [-0.3, -0.25) is 4.99 Å². The van der Waals surface area contributed by atoms with E-state index in [1.165, 1.54) is 11.3 Å². The fraction of sp³-hybridized carbons (Fsp3) is 0.474. The van der Waals surface area contributed by atoms with Gasteiger partial charge in [-0.1, -0.05) is 11.6 Å². The van der Waals surface area contributed by atoms with E-state index in [2.05, 4.69) is 9.98 Å². The topological polar surface area (TPSA) is 71.9 Å². The van der Waals surface area contributed by atoms with Gasteiger partial charge >= 0.3 is 15.5 Å². The zero-order valence-electron chi connectivity index (χ0n) is 16.4. The summed E-state index contributed by atoms with van der Waals surface area (Å²) in [7, 11) is -5.28. The lowest BCUT2D eigenvalue weighted by Gasteiger charge is -2.30. The largest absolute Gasteiger partial charge is 0.511 e. The average Bonchev–Trinajstić information content (AvgIpc) is 3.48. The number of ether oxygens (including phenoxy) is 1. The minimum absolute atomic E-state index is 0.0785. The molecule has 0 atom stereocenters. The van der Waals surface area contributed by atoms with Crippen molar-refractivity contribution >= 4 is 38.7 Å². The molecule has 0 radical (unpaired) electrons. The van der Waals surface area contributed by atoms with Crippen LogP contribution in [0.3, 0.4) is 0 Å². The second-order valence-corrected chi connectivity index (χ2v) is 10.8. The van der Waals surface area contributed by atoms with E-state index in [0.29, 0.717) is 41.1 Å². The number of thiazole rings is 1. The number of aromatic nitrogens is 1. The minimum atomic E-state index is -5.28. The maximum atomic E-state index is 12.7. The number of aryl methyl sites for hydroxylation is 1. The number of benzene rings is 1. The molecular formula is C19H19ClF3N3O3S2. The maximum Gasteiger partial charge on any atom is 0.511 e. The number of halogens is 4. The Labute approximate surface area is 186 Å². The van der Waals surface area contributed by atoms with Crippen molar-refractivity contribution in [3.8, 4) is 5.75 Å². The van der Waals surface area contributed by atoms with E-state index in [1.807, 2.05) is 19.1 Å². The third-order valence-corrected chi connectivity index (χ3v) is 8.52. The van der Waals surface area contributed by atoms with Gasteiger partial charge in [0.1, 0.15) is 12.4 Å². The van der Waals surface area contributed by atoms with Crippen LogP contribution in [0.1, 0.15) is 39.9 Å². The van der Waals surface area contributed by atoms with Crippen LogP contribution in [0.15, 0.2) is 23.2 Å². The van der Waals surface area contributed by atoms with Gasteiger partial charge in [0.25, 0.3) is 0 Å². The quantitative estimate of drug-likeness (QED) is 0.593. The predicted molar refractivity (Wildman–Crippen MR) is 113 cm³/mol. The third kappa shape index (κ3) is 4.74. The van der Waals surface area contributed by atoms with Gasteiger partial charge in [-0.2, -0.15) is 17.5 Å². The van der Waals surface area contributed by atoms with Gasteiger partial charge in [-0.25, -0.2) is 13.4 Å². The summed E-state index contributed by atoms with van der Waals surface area (Å²) in [4.78, 5) is 9.60. The van der Waals surface area contributed by atoms with Crippen molar-refractivity contribution in [3.05, 3.63) is 44.4 Å². The van der Waals surface area contributed by atoms with Crippen molar-refractivity contribution in [2.45, 2.75) is 37.8 Å². The molecule has 1 saturated heterocycles. The fourth-order valence-electron chi connectivity index (χ4n) is 3.43. The lowest BCUT2D eigenvalue weighted by atomic mass is 9.99. The molecule has 2 aliphatic heterocycles. The number of rotatable bonds is 6. The summed E-state index contributed by atoms with van der Waals surface area (Å²) in [5.41, 5.74) is -2.59. The zero-order valence-corrected chi connectivity index (χ0v) is 18.8. The first-order valence-corrected chi connectivity index (χ1v) is 12.2. The van der Waals surface area contributed by atoms with Crippen molar-refractivity contribution in [1.29, 1.82) is 0 Å². The van der Waals surface area contributed by atoms with E-state index in [-0.39, 0.29) is 19.0 Å². The molecule has 0 aliphatic carbocycles. The van der Waals surface area contributed by atoms with Crippen molar-refractivity contribution in [1.82, 2.24) is 9.29 Å². The van der Waals surface area contributed by atoms with Crippen molar-refractivity contribution in [2.75, 3.05) is 19.6 Å². The van der Waals surface area contributed by atoms with Crippen molar-refractivity contribution in [3.63, 3.8) is 0 Å². The molecule has 0 N–H and O–H groups in total. The second kappa shape index (κ2) is 8.34. The van der Waals surface area contributed by atoms with Crippen LogP contribution in [-0.4, -0.2) is 48.6 Å². The van der Waals surface area contributed by atoms with Crippen LogP contribution in [0.4, 0.5) is 13.2 Å². The lowest BCUT2D eigenvalue weighted by molar-refractivity contribution is -0.0494. The van der Waals surface area contributed by atoms with Crippen LogP contribution in [0.25, 0.3) is 0 Å². The van der Waals surface area contributed by atoms with Gasteiger partial charge in [0.15, 0.2) is 0 Å². The van der Waals surface area contributed by atoms with Gasteiger partial charge in [0.05, 0.1) is 32.9 Å². The van der Waals surface area contributed by atoms with E-state index < -0.39 is 15.5 Å². The van der Waals surface area contributed by atoms with Gasteiger partial charge in [-0.15, -0.1) is 11.3 Å². The first kappa shape index (κ1) is 22.5. The Balaban J connectivity index is 1.37. The first-order chi connectivity index (χ1) is 14.6. The molecule has 6 nitrogen and oxygen atoms in total. The molecule has 2 aliphatic rings. The molecule has 0 bridgehead atoms. The summed E-state index contributed by atoms with van der Waals surface area (Å²) in [6.07, 6.45) is 0.590. The number of alkyl halides is 3. The average molecular weight is 494 g/mol. The van der Waals surface area contributed by atoms with Crippen LogP contribution < -0.4 is 4.74 Å². The smallest absolute Gasteiger partial charge is 0.488 e. The summed E-state index contributed by atoms with van der Waals surface area (Å²) in [6, 6.07) is 5.44. The highest BCUT2D eigenvalue weighted by Gasteiger charge is 2.50. The van der Waals surface area contributed by atoms with Crippen LogP contribution in [0, 0.1) is 6.92 Å². The Morgan fingerprint density at radius 2 is 1.97 bits per heavy atom. The molecule has 2 aromatic rings. The SMILES string of the molecule is Cc1nc(C2CCN(S(=O)(=O)C(F)(F)F)CC2)sc1COc1ccc(C2=NC2)c(Cl)c1. The molecule has 0 unspecified atom stereocenters. The number of nitrogens with zero attached hydrogens (tertiary/aromatic N) is 3. The second-order valence-electron chi connectivity index (χ2n) is 7.38. The summed E-state index contributed by atoms with van der Waals surface area (Å²) in [6.45, 7) is 2.51. The summed E-state index contributed by atoms with van der Waals surface area (Å²) >= 11 is 7.71. The molecule has 1 aromatic carbocycles. The van der Waals surface area contributed by atoms with Crippen LogP contribution in [0.2, 0.25) is 5.02 Å². The van der Waals surface area contributed by atoms with Gasteiger partial charge in [-0.05, 0) is 38.0 Å². The molecule has 1 aromatic heterocycles. The number of sulfonamides is 1. The monoisotopic (exact) mass is 493 g/mol. The van der Waals surface area contributed by atoms with E-state index in [1.54, 1.807) is 6.07 Å². The molecule has 0 saturated carbocycles. The highest BCUT2D eigenvalue weighted by molar-refractivity contribution is 7.90. The lowest BCUT2D eigenvalue weighted by Crippen LogP contribution is -2.44. The van der Waals surface area contributed by atoms with Crippen molar-refractivity contribution in [2.24, 2.45) is 4.99 Å². The molecule has 3 heterocycles. The summed E-state index contributed by atoms with van der Waals surface area (Å²) in [5, 5.41) is 1.37. The Morgan fingerprint density at radius 1 is 1.29 bits per heavy atom. The first-order valence-electron chi connectivity index (χ1n) is 9.55. The van der Waals surface area contributed by atoms with Crippen LogP contribution >= 0.6 is 22.9 Å². The highest BCUT2D eigenvalue weighted by Crippen LogP contribution is 2.36. The molecule has 168 valence electrons. The Hall–Kier alpha value is -1.69. The Kier molecular flexibility index (Phi) is 6.06. The van der Waals surface area contributed by atoms with Gasteiger partial charge < -0.3 is 4.74 Å². The molecule has 0 amide bonds. The number of aliphatic imine (C=N–C) groups is 1. The summed E-state index contributed by atoms with van der Waals surface area (Å²) in [5.74, 6) is 0.542.